The Morgan fingerprint density at radius 2 is 2.29 bits per heavy atom. The van der Waals surface area contributed by atoms with Crippen molar-refractivity contribution in [3.8, 4) is 5.75 Å². The van der Waals surface area contributed by atoms with E-state index in [1.165, 1.54) is 19.2 Å². The summed E-state index contributed by atoms with van der Waals surface area (Å²) in [6.07, 6.45) is 0.126. The fraction of sp³-hybridized carbons (Fsp3) is 0.250. The Morgan fingerprint density at radius 1 is 1.59 bits per heavy atom. The van der Waals surface area contributed by atoms with Crippen LogP contribution in [0.25, 0.3) is 0 Å². The van der Waals surface area contributed by atoms with Crippen molar-refractivity contribution < 1.29 is 13.9 Å². The van der Waals surface area contributed by atoms with Gasteiger partial charge in [0.25, 0.3) is 0 Å². The van der Waals surface area contributed by atoms with Crippen LogP contribution < -0.4 is 10.1 Å². The molecule has 0 radical (unpaired) electrons. The van der Waals surface area contributed by atoms with Crippen LogP contribution in [0.5, 0.6) is 5.75 Å². The minimum atomic E-state index is -0.470. The standard InChI is InChI=1S/C12H13BrFNO2/c1-8(13)7-15-12(16)6-9-3-4-11(17-2)10(14)5-9/h3-5H,1,6-7H2,2H3,(H,15,16). The quantitative estimate of drug-likeness (QED) is 0.907. The van der Waals surface area contributed by atoms with Crippen LogP contribution in [0.2, 0.25) is 0 Å². The zero-order valence-electron chi connectivity index (χ0n) is 9.43. The number of amides is 1. The molecule has 0 atom stereocenters. The first-order valence-corrected chi connectivity index (χ1v) is 5.74. The molecule has 5 heteroatoms. The number of halogens is 2. The summed E-state index contributed by atoms with van der Waals surface area (Å²) in [5, 5.41) is 2.64. The molecule has 1 amide bonds. The molecule has 0 bridgehead atoms. The van der Waals surface area contributed by atoms with Crippen molar-refractivity contribution >= 4 is 21.8 Å². The highest BCUT2D eigenvalue weighted by atomic mass is 79.9. The highest BCUT2D eigenvalue weighted by Gasteiger charge is 2.07. The summed E-state index contributed by atoms with van der Waals surface area (Å²) >= 11 is 3.13. The number of carbonyl (C=O) groups is 1. The third kappa shape index (κ3) is 4.56. The van der Waals surface area contributed by atoms with Crippen molar-refractivity contribution in [2.24, 2.45) is 0 Å². The van der Waals surface area contributed by atoms with Crippen molar-refractivity contribution in [2.75, 3.05) is 13.7 Å². The molecule has 0 fully saturated rings. The molecule has 0 saturated carbocycles. The molecule has 0 aliphatic carbocycles. The van der Waals surface area contributed by atoms with Crippen molar-refractivity contribution in [2.45, 2.75) is 6.42 Å². The van der Waals surface area contributed by atoms with Crippen molar-refractivity contribution in [1.29, 1.82) is 0 Å². The molecule has 1 aromatic carbocycles. The van der Waals surface area contributed by atoms with Crippen LogP contribution in [0.1, 0.15) is 5.56 Å². The van der Waals surface area contributed by atoms with Gasteiger partial charge < -0.3 is 10.1 Å². The molecule has 0 aliphatic rings. The molecule has 0 heterocycles. The predicted octanol–water partition coefficient (Wildman–Crippen LogP) is 2.40. The maximum Gasteiger partial charge on any atom is 0.224 e. The van der Waals surface area contributed by atoms with Gasteiger partial charge in [-0.05, 0) is 17.7 Å². The third-order valence-corrected chi connectivity index (χ3v) is 2.34. The lowest BCUT2D eigenvalue weighted by molar-refractivity contribution is -0.120. The summed E-state index contributed by atoms with van der Waals surface area (Å²) in [6, 6.07) is 4.45. The lowest BCUT2D eigenvalue weighted by Crippen LogP contribution is -2.26. The second-order valence-electron chi connectivity index (χ2n) is 3.44. The minimum absolute atomic E-state index is 0.126. The maximum absolute atomic E-state index is 13.3. The van der Waals surface area contributed by atoms with Gasteiger partial charge >= 0.3 is 0 Å². The Morgan fingerprint density at radius 3 is 2.82 bits per heavy atom. The molecule has 3 nitrogen and oxygen atoms in total. The van der Waals surface area contributed by atoms with E-state index in [-0.39, 0.29) is 18.1 Å². The Hall–Kier alpha value is -1.36. The van der Waals surface area contributed by atoms with Crippen LogP contribution >= 0.6 is 15.9 Å². The fourth-order valence-electron chi connectivity index (χ4n) is 1.26. The van der Waals surface area contributed by atoms with Crippen LogP contribution in [0.15, 0.2) is 29.3 Å². The topological polar surface area (TPSA) is 38.3 Å². The molecule has 0 unspecified atom stereocenters. The van der Waals surface area contributed by atoms with E-state index in [9.17, 15) is 9.18 Å². The normalized spacial score (nSPS) is 9.82. The van der Waals surface area contributed by atoms with Gasteiger partial charge in [0.15, 0.2) is 11.6 Å². The number of nitrogens with one attached hydrogen (secondary N) is 1. The summed E-state index contributed by atoms with van der Waals surface area (Å²) in [5.74, 6) is -0.485. The zero-order chi connectivity index (χ0) is 12.8. The molecule has 0 saturated heterocycles. The number of carbonyl (C=O) groups excluding carboxylic acids is 1. The lowest BCUT2D eigenvalue weighted by Gasteiger charge is -2.06. The number of methoxy groups -OCH3 is 1. The fourth-order valence-corrected chi connectivity index (χ4v) is 1.40. The largest absolute Gasteiger partial charge is 0.494 e. The van der Waals surface area contributed by atoms with Gasteiger partial charge in [0.2, 0.25) is 5.91 Å². The molecule has 0 spiro atoms. The van der Waals surface area contributed by atoms with E-state index < -0.39 is 5.82 Å². The van der Waals surface area contributed by atoms with Crippen LogP contribution in [0.3, 0.4) is 0 Å². The summed E-state index contributed by atoms with van der Waals surface area (Å²) in [6.45, 7) is 3.95. The number of benzene rings is 1. The van der Waals surface area contributed by atoms with Crippen LogP contribution in [0.4, 0.5) is 4.39 Å². The lowest BCUT2D eigenvalue weighted by atomic mass is 10.1. The summed E-state index contributed by atoms with van der Waals surface area (Å²) in [5.41, 5.74) is 0.598. The summed E-state index contributed by atoms with van der Waals surface area (Å²) in [7, 11) is 1.40. The molecular formula is C12H13BrFNO2. The van der Waals surface area contributed by atoms with Gasteiger partial charge in [-0.15, -0.1) is 0 Å². The van der Waals surface area contributed by atoms with Crippen LogP contribution in [0, 0.1) is 5.82 Å². The third-order valence-electron chi connectivity index (χ3n) is 2.06. The highest BCUT2D eigenvalue weighted by molar-refractivity contribution is 9.11. The van der Waals surface area contributed by atoms with E-state index in [1.54, 1.807) is 6.07 Å². The van der Waals surface area contributed by atoms with Gasteiger partial charge in [-0.3, -0.25) is 4.79 Å². The molecular weight excluding hydrogens is 289 g/mol. The number of ether oxygens (including phenoxy) is 1. The van der Waals surface area contributed by atoms with Gasteiger partial charge in [-0.25, -0.2) is 4.39 Å². The first kappa shape index (κ1) is 13.7. The smallest absolute Gasteiger partial charge is 0.224 e. The van der Waals surface area contributed by atoms with Gasteiger partial charge in [-0.2, -0.15) is 0 Å². The maximum atomic E-state index is 13.3. The minimum Gasteiger partial charge on any atom is -0.494 e. The molecule has 0 aromatic heterocycles. The predicted molar refractivity (Wildman–Crippen MR) is 67.7 cm³/mol. The number of rotatable bonds is 5. The Balaban J connectivity index is 2.60. The molecule has 92 valence electrons. The van der Waals surface area contributed by atoms with E-state index in [1.807, 2.05) is 0 Å². The number of hydrogen-bond acceptors (Lipinski definition) is 2. The molecule has 0 aliphatic heterocycles. The van der Waals surface area contributed by atoms with Crippen molar-refractivity contribution in [3.05, 3.63) is 40.6 Å². The Labute approximate surface area is 108 Å². The van der Waals surface area contributed by atoms with Gasteiger partial charge in [0.1, 0.15) is 0 Å². The average molecular weight is 302 g/mol. The Bertz CT molecular complexity index is 435. The van der Waals surface area contributed by atoms with Crippen molar-refractivity contribution in [3.63, 3.8) is 0 Å². The van der Waals surface area contributed by atoms with Gasteiger partial charge in [0.05, 0.1) is 13.5 Å². The monoisotopic (exact) mass is 301 g/mol. The van der Waals surface area contributed by atoms with E-state index in [2.05, 4.69) is 27.8 Å². The van der Waals surface area contributed by atoms with Gasteiger partial charge in [0, 0.05) is 11.0 Å². The summed E-state index contributed by atoms with van der Waals surface area (Å²) in [4.78, 5) is 11.5. The zero-order valence-corrected chi connectivity index (χ0v) is 11.0. The average Bonchev–Trinajstić information content (AvgIpc) is 2.26. The number of hydrogen-bond donors (Lipinski definition) is 1. The SMILES string of the molecule is C=C(Br)CNC(=O)Cc1ccc(OC)c(F)c1. The van der Waals surface area contributed by atoms with Crippen LogP contribution in [-0.2, 0) is 11.2 Å². The second kappa shape index (κ2) is 6.39. The highest BCUT2D eigenvalue weighted by Crippen LogP contribution is 2.17. The van der Waals surface area contributed by atoms with Crippen molar-refractivity contribution in [1.82, 2.24) is 5.32 Å². The molecule has 1 aromatic rings. The second-order valence-corrected chi connectivity index (χ2v) is 4.56. The summed E-state index contributed by atoms with van der Waals surface area (Å²) < 4.78 is 18.8. The first-order valence-electron chi connectivity index (χ1n) is 4.95. The van der Waals surface area contributed by atoms with E-state index in [0.717, 1.165) is 0 Å². The van der Waals surface area contributed by atoms with Gasteiger partial charge in [-0.1, -0.05) is 28.6 Å². The molecule has 1 rings (SSSR count). The molecule has 17 heavy (non-hydrogen) atoms. The Kier molecular flexibility index (Phi) is 5.15. The molecule has 1 N–H and O–H groups in total. The van der Waals surface area contributed by atoms with E-state index in [4.69, 9.17) is 4.74 Å². The van der Waals surface area contributed by atoms with Crippen LogP contribution in [-0.4, -0.2) is 19.6 Å². The first-order chi connectivity index (χ1) is 8.02. The van der Waals surface area contributed by atoms with E-state index in [0.29, 0.717) is 16.6 Å². The van der Waals surface area contributed by atoms with E-state index >= 15 is 0 Å².